The number of benzene rings is 1. The molecule has 4 heteroatoms. The molecule has 1 N–H and O–H groups in total. The third kappa shape index (κ3) is 3.85. The van der Waals surface area contributed by atoms with E-state index < -0.39 is 0 Å². The van der Waals surface area contributed by atoms with Gasteiger partial charge in [0.25, 0.3) is 0 Å². The van der Waals surface area contributed by atoms with Crippen molar-refractivity contribution >= 4 is 28.9 Å². The lowest BCUT2D eigenvalue weighted by molar-refractivity contribution is 0.278. The molecule has 1 aromatic rings. The van der Waals surface area contributed by atoms with Crippen LogP contribution in [0.15, 0.2) is 24.3 Å². The number of piperidine rings is 1. The number of hydrogen-bond donors (Lipinski definition) is 1. The maximum atomic E-state index is 5.86. The molecule has 0 bridgehead atoms. The first-order chi connectivity index (χ1) is 8.65. The predicted octanol–water partition coefficient (Wildman–Crippen LogP) is 3.45. The number of nitrogens with zero attached hydrogens (tertiary/aromatic N) is 1. The summed E-state index contributed by atoms with van der Waals surface area (Å²) in [5, 5.41) is 4.96. The Bertz CT molecular complexity index is 397. The van der Waals surface area contributed by atoms with E-state index in [0.29, 0.717) is 0 Å². The van der Waals surface area contributed by atoms with Crippen LogP contribution in [0.5, 0.6) is 0 Å². The van der Waals surface area contributed by atoms with E-state index in [1.54, 1.807) is 0 Å². The number of nitrogens with one attached hydrogen (secondary N) is 1. The Morgan fingerprint density at radius 3 is 2.56 bits per heavy atom. The lowest BCUT2D eigenvalue weighted by Gasteiger charge is -2.32. The van der Waals surface area contributed by atoms with E-state index in [-0.39, 0.29) is 0 Å². The van der Waals surface area contributed by atoms with E-state index in [1.165, 1.54) is 18.4 Å². The molecule has 0 aliphatic carbocycles. The summed E-state index contributed by atoms with van der Waals surface area (Å²) in [6.07, 6.45) is 2.48. The zero-order valence-electron chi connectivity index (χ0n) is 10.7. The molecule has 0 atom stereocenters. The Kier molecular flexibility index (Phi) is 4.84. The van der Waals surface area contributed by atoms with Gasteiger partial charge in [-0.2, -0.15) is 0 Å². The van der Waals surface area contributed by atoms with E-state index in [0.717, 1.165) is 35.7 Å². The average molecular weight is 283 g/mol. The van der Waals surface area contributed by atoms with Crippen LogP contribution in [0.4, 0.5) is 0 Å². The molecular weight excluding hydrogens is 264 g/mol. The summed E-state index contributed by atoms with van der Waals surface area (Å²) in [4.78, 5) is 2.27. The Balaban J connectivity index is 1.79. The lowest BCUT2D eigenvalue weighted by atomic mass is 10.00. The third-order valence-corrected chi connectivity index (χ3v) is 4.08. The highest BCUT2D eigenvalue weighted by Crippen LogP contribution is 2.16. The van der Waals surface area contributed by atoms with Gasteiger partial charge in [0.15, 0.2) is 5.11 Å². The standard InChI is InChI=1S/C14H19ClN2S/c1-11-6-8-17(9-7-11)14(18)16-10-12-2-4-13(15)5-3-12/h2-5,11H,6-10H2,1H3,(H,16,18). The molecule has 2 rings (SSSR count). The molecule has 18 heavy (non-hydrogen) atoms. The van der Waals surface area contributed by atoms with E-state index in [1.807, 2.05) is 24.3 Å². The first kappa shape index (κ1) is 13.6. The van der Waals surface area contributed by atoms with Gasteiger partial charge >= 0.3 is 0 Å². The third-order valence-electron chi connectivity index (χ3n) is 3.43. The van der Waals surface area contributed by atoms with Crippen molar-refractivity contribution in [2.45, 2.75) is 26.3 Å². The van der Waals surface area contributed by atoms with Crippen molar-refractivity contribution in [2.24, 2.45) is 5.92 Å². The highest BCUT2D eigenvalue weighted by molar-refractivity contribution is 7.80. The van der Waals surface area contributed by atoms with Crippen molar-refractivity contribution in [1.82, 2.24) is 10.2 Å². The van der Waals surface area contributed by atoms with Crippen LogP contribution in [0, 0.1) is 5.92 Å². The van der Waals surface area contributed by atoms with Crippen molar-refractivity contribution in [3.8, 4) is 0 Å². The maximum Gasteiger partial charge on any atom is 0.169 e. The van der Waals surface area contributed by atoms with Gasteiger partial charge in [0, 0.05) is 24.7 Å². The summed E-state index contributed by atoms with van der Waals surface area (Å²) in [7, 11) is 0. The Labute approximate surface area is 119 Å². The van der Waals surface area contributed by atoms with Crippen LogP contribution in [0.25, 0.3) is 0 Å². The molecule has 0 saturated carbocycles. The maximum absolute atomic E-state index is 5.86. The molecule has 0 aromatic heterocycles. The molecule has 2 nitrogen and oxygen atoms in total. The van der Waals surface area contributed by atoms with Crippen LogP contribution < -0.4 is 5.32 Å². The quantitative estimate of drug-likeness (QED) is 0.837. The Morgan fingerprint density at radius 2 is 1.94 bits per heavy atom. The van der Waals surface area contributed by atoms with Crippen molar-refractivity contribution in [3.05, 3.63) is 34.9 Å². The van der Waals surface area contributed by atoms with Gasteiger partial charge in [0.1, 0.15) is 0 Å². The summed E-state index contributed by atoms with van der Waals surface area (Å²) >= 11 is 11.3. The van der Waals surface area contributed by atoms with Crippen molar-refractivity contribution in [3.63, 3.8) is 0 Å². The highest BCUT2D eigenvalue weighted by Gasteiger charge is 2.17. The number of hydrogen-bond acceptors (Lipinski definition) is 1. The van der Waals surface area contributed by atoms with E-state index >= 15 is 0 Å². The molecule has 1 saturated heterocycles. The SMILES string of the molecule is CC1CCN(C(=S)NCc2ccc(Cl)cc2)CC1. The summed E-state index contributed by atoms with van der Waals surface area (Å²) in [5.74, 6) is 0.834. The summed E-state index contributed by atoms with van der Waals surface area (Å²) in [6, 6.07) is 7.86. The topological polar surface area (TPSA) is 15.3 Å². The van der Waals surface area contributed by atoms with Crippen molar-refractivity contribution in [2.75, 3.05) is 13.1 Å². The molecule has 1 aromatic carbocycles. The molecule has 0 unspecified atom stereocenters. The van der Waals surface area contributed by atoms with Gasteiger partial charge in [-0.25, -0.2) is 0 Å². The molecular formula is C14H19ClN2S. The largest absolute Gasteiger partial charge is 0.358 e. The van der Waals surface area contributed by atoms with Crippen LogP contribution in [-0.2, 0) is 6.54 Å². The first-order valence-electron chi connectivity index (χ1n) is 6.42. The minimum absolute atomic E-state index is 0.766. The van der Waals surface area contributed by atoms with Gasteiger partial charge in [0.05, 0.1) is 0 Å². The molecule has 1 aliphatic rings. The second-order valence-electron chi connectivity index (χ2n) is 4.95. The smallest absolute Gasteiger partial charge is 0.169 e. The lowest BCUT2D eigenvalue weighted by Crippen LogP contribution is -2.43. The zero-order valence-corrected chi connectivity index (χ0v) is 12.2. The Morgan fingerprint density at radius 1 is 1.33 bits per heavy atom. The zero-order chi connectivity index (χ0) is 13.0. The molecule has 98 valence electrons. The minimum atomic E-state index is 0.766. The minimum Gasteiger partial charge on any atom is -0.358 e. The van der Waals surface area contributed by atoms with E-state index in [9.17, 15) is 0 Å². The normalized spacial score (nSPS) is 16.7. The monoisotopic (exact) mass is 282 g/mol. The van der Waals surface area contributed by atoms with E-state index in [2.05, 4.69) is 17.1 Å². The molecule has 1 aliphatic heterocycles. The molecule has 0 radical (unpaired) electrons. The van der Waals surface area contributed by atoms with Crippen LogP contribution in [0.2, 0.25) is 5.02 Å². The number of likely N-dealkylation sites (tertiary alicyclic amines) is 1. The van der Waals surface area contributed by atoms with Gasteiger partial charge in [-0.3, -0.25) is 0 Å². The van der Waals surface area contributed by atoms with Crippen LogP contribution in [-0.4, -0.2) is 23.1 Å². The first-order valence-corrected chi connectivity index (χ1v) is 7.21. The Hall–Kier alpha value is -0.800. The fourth-order valence-corrected chi connectivity index (χ4v) is 2.48. The van der Waals surface area contributed by atoms with E-state index in [4.69, 9.17) is 23.8 Å². The fourth-order valence-electron chi connectivity index (χ4n) is 2.10. The molecule has 1 heterocycles. The van der Waals surface area contributed by atoms with Gasteiger partial charge in [-0.05, 0) is 48.7 Å². The second-order valence-corrected chi connectivity index (χ2v) is 5.78. The van der Waals surface area contributed by atoms with Gasteiger partial charge in [-0.15, -0.1) is 0 Å². The van der Waals surface area contributed by atoms with Crippen LogP contribution >= 0.6 is 23.8 Å². The molecule has 1 fully saturated rings. The number of halogens is 1. The van der Waals surface area contributed by atoms with Crippen molar-refractivity contribution < 1.29 is 0 Å². The molecule has 0 amide bonds. The predicted molar refractivity (Wildman–Crippen MR) is 80.9 cm³/mol. The average Bonchev–Trinajstić information content (AvgIpc) is 2.38. The second kappa shape index (κ2) is 6.39. The fraction of sp³-hybridized carbons (Fsp3) is 0.500. The molecule has 0 spiro atoms. The van der Waals surface area contributed by atoms with Crippen molar-refractivity contribution in [1.29, 1.82) is 0 Å². The highest BCUT2D eigenvalue weighted by atomic mass is 35.5. The van der Waals surface area contributed by atoms with Crippen LogP contribution in [0.1, 0.15) is 25.3 Å². The van der Waals surface area contributed by atoms with Crippen LogP contribution in [0.3, 0.4) is 0 Å². The van der Waals surface area contributed by atoms with Gasteiger partial charge < -0.3 is 10.2 Å². The number of rotatable bonds is 2. The van der Waals surface area contributed by atoms with Gasteiger partial charge in [0.2, 0.25) is 0 Å². The summed E-state index contributed by atoms with van der Waals surface area (Å²) < 4.78 is 0. The number of thiocarbonyl (C=S) groups is 1. The summed E-state index contributed by atoms with van der Waals surface area (Å²) in [6.45, 7) is 5.23. The van der Waals surface area contributed by atoms with Gasteiger partial charge in [-0.1, -0.05) is 30.7 Å². The summed E-state index contributed by atoms with van der Waals surface area (Å²) in [5.41, 5.74) is 1.20.